The van der Waals surface area contributed by atoms with Gasteiger partial charge in [0.2, 0.25) is 0 Å². The summed E-state index contributed by atoms with van der Waals surface area (Å²) in [5, 5.41) is 5.56. The molecule has 35 heavy (non-hydrogen) atoms. The second-order valence-electron chi connectivity index (χ2n) is 7.72. The molecule has 0 saturated heterocycles. The van der Waals surface area contributed by atoms with Crippen molar-refractivity contribution < 1.29 is 22.7 Å². The Hall–Kier alpha value is -3.47. The molecule has 0 aromatic heterocycles. The summed E-state index contributed by atoms with van der Waals surface area (Å²) in [6.45, 7) is 4.67. The van der Waals surface area contributed by atoms with Gasteiger partial charge in [0, 0.05) is 18.4 Å². The standard InChI is InChI=1S/C25H27N3O5S2/c1-17-4-13-23(18(2)16-17)28-35(30,31)22-11-7-20(8-12-22)26-25(34)27-24(29)19-5-9-21(10-6-19)33-15-14-32-3/h4-13,16,28H,14-15H2,1-3H3,(H2,26,27,29,34). The van der Waals surface area contributed by atoms with Crippen LogP contribution in [-0.2, 0) is 14.8 Å². The van der Waals surface area contributed by atoms with Crippen molar-refractivity contribution in [3.05, 3.63) is 83.4 Å². The molecule has 0 bridgehead atoms. The topological polar surface area (TPSA) is 106 Å². The number of anilines is 2. The number of nitrogens with one attached hydrogen (secondary N) is 3. The van der Waals surface area contributed by atoms with E-state index >= 15 is 0 Å². The maximum atomic E-state index is 12.7. The molecule has 3 aromatic rings. The molecule has 0 aliphatic carbocycles. The normalized spacial score (nSPS) is 10.9. The third-order valence-corrected chi connectivity index (χ3v) is 6.53. The van der Waals surface area contributed by atoms with Crippen molar-refractivity contribution in [1.29, 1.82) is 0 Å². The Morgan fingerprint density at radius 2 is 1.63 bits per heavy atom. The summed E-state index contributed by atoms with van der Waals surface area (Å²) in [6, 6.07) is 18.2. The number of ether oxygens (including phenoxy) is 2. The lowest BCUT2D eigenvalue weighted by atomic mass is 10.1. The second kappa shape index (κ2) is 11.8. The van der Waals surface area contributed by atoms with Crippen LogP contribution in [0.15, 0.2) is 71.6 Å². The van der Waals surface area contributed by atoms with E-state index < -0.39 is 10.0 Å². The fourth-order valence-electron chi connectivity index (χ4n) is 3.13. The summed E-state index contributed by atoms with van der Waals surface area (Å²) < 4.78 is 38.5. The molecule has 0 radical (unpaired) electrons. The minimum Gasteiger partial charge on any atom is -0.491 e. The summed E-state index contributed by atoms with van der Waals surface area (Å²) >= 11 is 5.21. The Bertz CT molecular complexity index is 1290. The number of hydrogen-bond donors (Lipinski definition) is 3. The minimum absolute atomic E-state index is 0.0828. The van der Waals surface area contributed by atoms with Gasteiger partial charge in [-0.05, 0) is 86.2 Å². The van der Waals surface area contributed by atoms with E-state index in [1.807, 2.05) is 26.0 Å². The van der Waals surface area contributed by atoms with Crippen molar-refractivity contribution >= 4 is 44.6 Å². The molecule has 0 spiro atoms. The minimum atomic E-state index is -3.76. The summed E-state index contributed by atoms with van der Waals surface area (Å²) in [5.41, 5.74) is 3.35. The number of aryl methyl sites for hydroxylation is 2. The van der Waals surface area contributed by atoms with Gasteiger partial charge in [0.1, 0.15) is 12.4 Å². The molecule has 0 saturated carbocycles. The van der Waals surface area contributed by atoms with Crippen LogP contribution in [0.25, 0.3) is 0 Å². The van der Waals surface area contributed by atoms with Crippen LogP contribution < -0.4 is 20.1 Å². The van der Waals surface area contributed by atoms with Gasteiger partial charge in [0.15, 0.2) is 5.11 Å². The maximum absolute atomic E-state index is 12.7. The van der Waals surface area contributed by atoms with Gasteiger partial charge in [-0.3, -0.25) is 14.8 Å². The van der Waals surface area contributed by atoms with Crippen LogP contribution in [0.2, 0.25) is 0 Å². The van der Waals surface area contributed by atoms with Crippen LogP contribution in [-0.4, -0.2) is 39.8 Å². The Kier molecular flexibility index (Phi) is 8.80. The molecular weight excluding hydrogens is 486 g/mol. The predicted octanol–water partition coefficient (Wildman–Crippen LogP) is 4.26. The molecule has 3 N–H and O–H groups in total. The Balaban J connectivity index is 1.57. The predicted molar refractivity (Wildman–Crippen MR) is 141 cm³/mol. The molecule has 0 aliphatic heterocycles. The molecule has 0 fully saturated rings. The molecular formula is C25H27N3O5S2. The van der Waals surface area contributed by atoms with Gasteiger partial charge < -0.3 is 14.8 Å². The smallest absolute Gasteiger partial charge is 0.261 e. The molecule has 0 aliphatic rings. The molecule has 1 amide bonds. The highest BCUT2D eigenvalue weighted by molar-refractivity contribution is 7.92. The number of sulfonamides is 1. The van der Waals surface area contributed by atoms with Crippen molar-refractivity contribution in [2.75, 3.05) is 30.4 Å². The highest BCUT2D eigenvalue weighted by atomic mass is 32.2. The lowest BCUT2D eigenvalue weighted by Crippen LogP contribution is -2.34. The van der Waals surface area contributed by atoms with E-state index in [1.165, 1.54) is 12.1 Å². The molecule has 3 rings (SSSR count). The van der Waals surface area contributed by atoms with E-state index in [4.69, 9.17) is 21.7 Å². The quantitative estimate of drug-likeness (QED) is 0.290. The fraction of sp³-hybridized carbons (Fsp3) is 0.200. The van der Waals surface area contributed by atoms with E-state index in [0.29, 0.717) is 35.9 Å². The highest BCUT2D eigenvalue weighted by Gasteiger charge is 2.16. The van der Waals surface area contributed by atoms with Gasteiger partial charge in [0.05, 0.1) is 17.2 Å². The summed E-state index contributed by atoms with van der Waals surface area (Å²) in [4.78, 5) is 12.5. The van der Waals surface area contributed by atoms with Crippen LogP contribution in [0, 0.1) is 13.8 Å². The zero-order valence-electron chi connectivity index (χ0n) is 19.6. The molecule has 0 atom stereocenters. The number of rotatable bonds is 9. The van der Waals surface area contributed by atoms with E-state index in [1.54, 1.807) is 49.6 Å². The highest BCUT2D eigenvalue weighted by Crippen LogP contribution is 2.22. The molecule has 8 nitrogen and oxygen atoms in total. The summed E-state index contributed by atoms with van der Waals surface area (Å²) in [5.74, 6) is 0.240. The monoisotopic (exact) mass is 513 g/mol. The lowest BCUT2D eigenvalue weighted by Gasteiger charge is -2.13. The number of thiocarbonyl (C=S) groups is 1. The second-order valence-corrected chi connectivity index (χ2v) is 9.81. The summed E-state index contributed by atoms with van der Waals surface area (Å²) in [6.07, 6.45) is 0. The zero-order chi connectivity index (χ0) is 25.4. The van der Waals surface area contributed by atoms with Crippen LogP contribution >= 0.6 is 12.2 Å². The number of carbonyl (C=O) groups is 1. The molecule has 184 valence electrons. The number of methoxy groups -OCH3 is 1. The first-order chi connectivity index (χ1) is 16.7. The van der Waals surface area contributed by atoms with Gasteiger partial charge in [-0.25, -0.2) is 8.42 Å². The van der Waals surface area contributed by atoms with E-state index in [9.17, 15) is 13.2 Å². The largest absolute Gasteiger partial charge is 0.491 e. The maximum Gasteiger partial charge on any atom is 0.261 e. The van der Waals surface area contributed by atoms with Gasteiger partial charge in [0.25, 0.3) is 15.9 Å². The first kappa shape index (κ1) is 26.1. The molecule has 10 heteroatoms. The number of carbonyl (C=O) groups excluding carboxylic acids is 1. The van der Waals surface area contributed by atoms with Gasteiger partial charge >= 0.3 is 0 Å². The number of benzene rings is 3. The van der Waals surface area contributed by atoms with Crippen molar-refractivity contribution in [2.24, 2.45) is 0 Å². The van der Waals surface area contributed by atoms with Gasteiger partial charge in [-0.15, -0.1) is 0 Å². The van der Waals surface area contributed by atoms with Crippen molar-refractivity contribution in [1.82, 2.24) is 5.32 Å². The summed E-state index contributed by atoms with van der Waals surface area (Å²) in [7, 11) is -2.17. The van der Waals surface area contributed by atoms with Crippen molar-refractivity contribution in [3.63, 3.8) is 0 Å². The van der Waals surface area contributed by atoms with E-state index in [0.717, 1.165) is 11.1 Å². The third-order valence-electron chi connectivity index (χ3n) is 4.95. The Morgan fingerprint density at radius 3 is 2.26 bits per heavy atom. The van der Waals surface area contributed by atoms with Crippen LogP contribution in [0.1, 0.15) is 21.5 Å². The van der Waals surface area contributed by atoms with Gasteiger partial charge in [-0.2, -0.15) is 0 Å². The Labute approximate surface area is 210 Å². The lowest BCUT2D eigenvalue weighted by molar-refractivity contribution is 0.0977. The average molecular weight is 514 g/mol. The SMILES string of the molecule is COCCOc1ccc(C(=O)NC(=S)Nc2ccc(S(=O)(=O)Nc3ccc(C)cc3C)cc2)cc1. The van der Waals surface area contributed by atoms with E-state index in [2.05, 4.69) is 15.4 Å². The number of amides is 1. The zero-order valence-corrected chi connectivity index (χ0v) is 21.3. The number of hydrogen-bond acceptors (Lipinski definition) is 6. The van der Waals surface area contributed by atoms with Crippen molar-refractivity contribution in [3.8, 4) is 5.75 Å². The molecule has 3 aromatic carbocycles. The third kappa shape index (κ3) is 7.51. The first-order valence-electron chi connectivity index (χ1n) is 10.7. The van der Waals surface area contributed by atoms with Crippen LogP contribution in [0.3, 0.4) is 0 Å². The Morgan fingerprint density at radius 1 is 0.943 bits per heavy atom. The average Bonchev–Trinajstić information content (AvgIpc) is 2.82. The van der Waals surface area contributed by atoms with E-state index in [-0.39, 0.29) is 15.9 Å². The first-order valence-corrected chi connectivity index (χ1v) is 12.6. The van der Waals surface area contributed by atoms with Crippen molar-refractivity contribution in [2.45, 2.75) is 18.7 Å². The van der Waals surface area contributed by atoms with Gasteiger partial charge in [-0.1, -0.05) is 17.7 Å². The van der Waals surface area contributed by atoms with Crippen LogP contribution in [0.4, 0.5) is 11.4 Å². The van der Waals surface area contributed by atoms with Crippen LogP contribution in [0.5, 0.6) is 5.75 Å². The molecule has 0 heterocycles. The molecule has 0 unspecified atom stereocenters. The fourth-order valence-corrected chi connectivity index (χ4v) is 4.47.